The van der Waals surface area contributed by atoms with E-state index < -0.39 is 0 Å². The van der Waals surface area contributed by atoms with Crippen LogP contribution in [-0.4, -0.2) is 47.3 Å². The van der Waals surface area contributed by atoms with Crippen LogP contribution in [0.2, 0.25) is 0 Å². The lowest BCUT2D eigenvalue weighted by Gasteiger charge is -2.10. The molecule has 21 heavy (non-hydrogen) atoms. The van der Waals surface area contributed by atoms with Crippen molar-refractivity contribution in [2.24, 2.45) is 4.99 Å². The lowest BCUT2D eigenvalue weighted by Crippen LogP contribution is -2.32. The summed E-state index contributed by atoms with van der Waals surface area (Å²) in [6.45, 7) is 1.30. The van der Waals surface area contributed by atoms with Crippen LogP contribution in [0.5, 0.6) is 5.75 Å². The zero-order chi connectivity index (χ0) is 14.8. The van der Waals surface area contributed by atoms with E-state index in [9.17, 15) is 9.59 Å². The van der Waals surface area contributed by atoms with E-state index in [1.165, 1.54) is 11.8 Å². The Kier molecular flexibility index (Phi) is 3.83. The monoisotopic (exact) mass is 305 g/mol. The maximum absolute atomic E-state index is 12.1. The molecule has 1 aromatic rings. The fraction of sp³-hybridized carbons (Fsp3) is 0.357. The van der Waals surface area contributed by atoms with E-state index in [4.69, 9.17) is 4.74 Å². The molecule has 0 bridgehead atoms. The van der Waals surface area contributed by atoms with Gasteiger partial charge in [0.2, 0.25) is 11.8 Å². The summed E-state index contributed by atoms with van der Waals surface area (Å²) in [5, 5.41) is 3.18. The number of amidine groups is 1. The largest absolute Gasteiger partial charge is 0.497 e. The van der Waals surface area contributed by atoms with Crippen molar-refractivity contribution in [3.63, 3.8) is 0 Å². The molecule has 2 aliphatic heterocycles. The number of aliphatic imine (C=N–C) groups is 1. The van der Waals surface area contributed by atoms with Crippen LogP contribution in [0, 0.1) is 0 Å². The second kappa shape index (κ2) is 5.77. The quantitative estimate of drug-likeness (QED) is 0.911. The molecule has 0 saturated carbocycles. The Hall–Kier alpha value is -2.02. The molecule has 0 radical (unpaired) electrons. The van der Waals surface area contributed by atoms with E-state index >= 15 is 0 Å². The lowest BCUT2D eigenvalue weighted by atomic mass is 10.2. The molecule has 110 valence electrons. The summed E-state index contributed by atoms with van der Waals surface area (Å²) in [7, 11) is 1.59. The number of thioether (sulfide) groups is 1. The zero-order valence-electron chi connectivity index (χ0n) is 11.5. The van der Waals surface area contributed by atoms with Gasteiger partial charge in [0.15, 0.2) is 5.17 Å². The molecule has 3 rings (SSSR count). The van der Waals surface area contributed by atoms with Crippen molar-refractivity contribution in [2.45, 2.75) is 11.7 Å². The third-order valence-electron chi connectivity index (χ3n) is 3.34. The summed E-state index contributed by atoms with van der Waals surface area (Å²) in [5.74, 6) is 0.544. The minimum atomic E-state index is -0.359. The number of methoxy groups -OCH3 is 1. The van der Waals surface area contributed by atoms with Crippen LogP contribution in [-0.2, 0) is 9.59 Å². The Balaban J connectivity index is 1.58. The van der Waals surface area contributed by atoms with Gasteiger partial charge in [-0.25, -0.2) is 0 Å². The predicted molar refractivity (Wildman–Crippen MR) is 81.6 cm³/mol. The Morgan fingerprint density at radius 2 is 2.24 bits per heavy atom. The van der Waals surface area contributed by atoms with E-state index in [-0.39, 0.29) is 23.5 Å². The molecule has 0 aliphatic carbocycles. The first-order chi connectivity index (χ1) is 10.2. The number of carbonyl (C=O) groups is 2. The zero-order valence-corrected chi connectivity index (χ0v) is 12.4. The van der Waals surface area contributed by atoms with Gasteiger partial charge in [-0.05, 0) is 24.3 Å². The fourth-order valence-corrected chi connectivity index (χ4v) is 3.46. The minimum absolute atomic E-state index is 0.0128. The summed E-state index contributed by atoms with van der Waals surface area (Å²) < 4.78 is 5.06. The highest BCUT2D eigenvalue weighted by Gasteiger charge is 2.40. The van der Waals surface area contributed by atoms with Gasteiger partial charge in [0.25, 0.3) is 0 Å². The fourth-order valence-electron chi connectivity index (χ4n) is 2.27. The Morgan fingerprint density at radius 3 is 2.90 bits per heavy atom. The molecule has 0 aromatic heterocycles. The van der Waals surface area contributed by atoms with Crippen LogP contribution < -0.4 is 10.1 Å². The van der Waals surface area contributed by atoms with Gasteiger partial charge in [0.05, 0.1) is 13.7 Å². The highest BCUT2D eigenvalue weighted by atomic mass is 32.2. The number of anilines is 1. The number of nitrogens with zero attached hydrogens (tertiary/aromatic N) is 2. The molecule has 2 heterocycles. The van der Waals surface area contributed by atoms with E-state index in [0.29, 0.717) is 18.8 Å². The van der Waals surface area contributed by atoms with Gasteiger partial charge < -0.3 is 10.1 Å². The minimum Gasteiger partial charge on any atom is -0.497 e. The van der Waals surface area contributed by atoms with E-state index in [2.05, 4.69) is 10.3 Å². The van der Waals surface area contributed by atoms with Gasteiger partial charge in [-0.15, -0.1) is 0 Å². The third kappa shape index (κ3) is 2.87. The lowest BCUT2D eigenvalue weighted by molar-refractivity contribution is -0.127. The summed E-state index contributed by atoms with van der Waals surface area (Å²) >= 11 is 1.38. The molecule has 0 unspecified atom stereocenters. The number of amides is 2. The third-order valence-corrected chi connectivity index (χ3v) is 4.55. The van der Waals surface area contributed by atoms with Gasteiger partial charge in [0.1, 0.15) is 11.0 Å². The van der Waals surface area contributed by atoms with Crippen molar-refractivity contribution in [1.82, 2.24) is 4.90 Å². The molecule has 0 spiro atoms. The van der Waals surface area contributed by atoms with Crippen LogP contribution in [0.1, 0.15) is 6.42 Å². The van der Waals surface area contributed by atoms with Crippen molar-refractivity contribution in [3.8, 4) is 5.75 Å². The van der Waals surface area contributed by atoms with Crippen LogP contribution in [0.3, 0.4) is 0 Å². The van der Waals surface area contributed by atoms with Crippen LogP contribution >= 0.6 is 11.8 Å². The summed E-state index contributed by atoms with van der Waals surface area (Å²) in [5.41, 5.74) is 0.689. The summed E-state index contributed by atoms with van der Waals surface area (Å²) in [6.07, 6.45) is 0.158. The first-order valence-electron chi connectivity index (χ1n) is 6.64. The second-order valence-corrected chi connectivity index (χ2v) is 5.91. The molecule has 6 nitrogen and oxygen atoms in total. The van der Waals surface area contributed by atoms with Gasteiger partial charge in [0, 0.05) is 18.7 Å². The number of ether oxygens (including phenoxy) is 1. The predicted octanol–water partition coefficient (Wildman–Crippen LogP) is 1.34. The van der Waals surface area contributed by atoms with Gasteiger partial charge in [-0.2, -0.15) is 0 Å². The number of rotatable bonds is 4. The normalized spacial score (nSPS) is 20.2. The van der Waals surface area contributed by atoms with Crippen LogP contribution in [0.15, 0.2) is 29.3 Å². The number of hydrogen-bond acceptors (Lipinski definition) is 5. The number of hydrogen-bond donors (Lipinski definition) is 1. The standard InChI is InChI=1S/C14H15N3O3S/c1-20-10-4-2-9(3-5-10)16-12(18)8-11-13(19)17-7-6-15-14(17)21-11/h2-5,11H,6-8H2,1H3,(H,16,18)/t11-/m1/s1. The topological polar surface area (TPSA) is 71.0 Å². The maximum atomic E-state index is 12.1. The molecule has 1 fully saturated rings. The molecule has 1 aromatic carbocycles. The molecule has 2 aliphatic rings. The van der Waals surface area contributed by atoms with Crippen LogP contribution in [0.4, 0.5) is 5.69 Å². The first-order valence-corrected chi connectivity index (χ1v) is 7.52. The average Bonchev–Trinajstić information content (AvgIpc) is 3.04. The SMILES string of the molecule is COc1ccc(NC(=O)C[C@H]2SC3=NCCN3C2=O)cc1. The van der Waals surface area contributed by atoms with Crippen molar-refractivity contribution >= 4 is 34.4 Å². The maximum Gasteiger partial charge on any atom is 0.242 e. The summed E-state index contributed by atoms with van der Waals surface area (Å²) in [4.78, 5) is 30.0. The van der Waals surface area contributed by atoms with E-state index in [1.807, 2.05) is 0 Å². The Bertz CT molecular complexity index is 600. The van der Waals surface area contributed by atoms with Crippen molar-refractivity contribution in [3.05, 3.63) is 24.3 Å². The second-order valence-electron chi connectivity index (χ2n) is 4.74. The molecule has 7 heteroatoms. The van der Waals surface area contributed by atoms with Crippen molar-refractivity contribution < 1.29 is 14.3 Å². The Morgan fingerprint density at radius 1 is 1.48 bits per heavy atom. The van der Waals surface area contributed by atoms with Crippen LogP contribution in [0.25, 0.3) is 0 Å². The average molecular weight is 305 g/mol. The Labute approximate surface area is 126 Å². The number of fused-ring (bicyclic) bond motifs is 1. The molecule has 2 amide bonds. The van der Waals surface area contributed by atoms with Gasteiger partial charge in [-0.3, -0.25) is 19.5 Å². The van der Waals surface area contributed by atoms with E-state index in [0.717, 1.165) is 10.9 Å². The van der Waals surface area contributed by atoms with Gasteiger partial charge >= 0.3 is 0 Å². The highest BCUT2D eigenvalue weighted by Crippen LogP contribution is 2.31. The van der Waals surface area contributed by atoms with E-state index in [1.54, 1.807) is 36.3 Å². The molecule has 1 atom stereocenters. The highest BCUT2D eigenvalue weighted by molar-refractivity contribution is 8.15. The number of nitrogens with one attached hydrogen (secondary N) is 1. The number of carbonyl (C=O) groups excluding carboxylic acids is 2. The first kappa shape index (κ1) is 13.9. The molecule has 1 N–H and O–H groups in total. The molecule has 1 saturated heterocycles. The smallest absolute Gasteiger partial charge is 0.242 e. The summed E-state index contributed by atoms with van der Waals surface area (Å²) in [6, 6.07) is 7.08. The van der Waals surface area contributed by atoms with Crippen molar-refractivity contribution in [1.29, 1.82) is 0 Å². The van der Waals surface area contributed by atoms with Gasteiger partial charge in [-0.1, -0.05) is 11.8 Å². The molecular weight excluding hydrogens is 290 g/mol. The molecular formula is C14H15N3O3S. The van der Waals surface area contributed by atoms with Crippen molar-refractivity contribution in [2.75, 3.05) is 25.5 Å². The number of benzene rings is 1.